The number of hydrogen-bond acceptors (Lipinski definition) is 4. The van der Waals surface area contributed by atoms with E-state index in [2.05, 4.69) is 36.5 Å². The highest BCUT2D eigenvalue weighted by Gasteiger charge is 2.15. The second-order valence-electron chi connectivity index (χ2n) is 6.59. The van der Waals surface area contributed by atoms with E-state index in [1.165, 1.54) is 0 Å². The summed E-state index contributed by atoms with van der Waals surface area (Å²) in [6.45, 7) is 6.31. The van der Waals surface area contributed by atoms with E-state index in [-0.39, 0.29) is 5.41 Å². The van der Waals surface area contributed by atoms with Crippen molar-refractivity contribution >= 4 is 16.8 Å². The van der Waals surface area contributed by atoms with Crippen molar-refractivity contribution in [1.29, 1.82) is 0 Å². The van der Waals surface area contributed by atoms with E-state index < -0.39 is 11.5 Å². The highest BCUT2D eigenvalue weighted by atomic mass is 16.2. The highest BCUT2D eigenvalue weighted by molar-refractivity contribution is 6.00. The Morgan fingerprint density at radius 2 is 1.71 bits per heavy atom. The van der Waals surface area contributed by atoms with E-state index in [1.54, 1.807) is 36.4 Å². The van der Waals surface area contributed by atoms with Gasteiger partial charge in [0.15, 0.2) is 0 Å². The molecule has 0 atom stereocenters. The van der Waals surface area contributed by atoms with Crippen LogP contribution in [0.15, 0.2) is 53.3 Å². The Bertz CT molecular complexity index is 953. The normalized spacial score (nSPS) is 11.5. The van der Waals surface area contributed by atoms with Crippen molar-refractivity contribution in [2.45, 2.75) is 26.2 Å². The smallest absolute Gasteiger partial charge is 0.267 e. The zero-order valence-corrected chi connectivity index (χ0v) is 13.8. The average molecular weight is 322 g/mol. The van der Waals surface area contributed by atoms with Crippen molar-refractivity contribution in [3.05, 3.63) is 70.0 Å². The third-order valence-electron chi connectivity index (χ3n) is 3.79. The third-order valence-corrected chi connectivity index (χ3v) is 3.79. The molecule has 0 aliphatic carbocycles. The van der Waals surface area contributed by atoms with Crippen LogP contribution in [0.25, 0.3) is 10.9 Å². The molecule has 6 nitrogen and oxygen atoms in total. The molecule has 2 aromatic carbocycles. The van der Waals surface area contributed by atoms with Crippen LogP contribution in [0.1, 0.15) is 36.7 Å². The van der Waals surface area contributed by atoms with Gasteiger partial charge in [0.2, 0.25) is 0 Å². The number of aromatic nitrogens is 3. The molecule has 0 fully saturated rings. The number of benzene rings is 2. The van der Waals surface area contributed by atoms with E-state index in [0.717, 1.165) is 10.4 Å². The summed E-state index contributed by atoms with van der Waals surface area (Å²) in [6.07, 6.45) is 0. The summed E-state index contributed by atoms with van der Waals surface area (Å²) in [7, 11) is 0. The number of nitrogens with one attached hydrogen (secondary N) is 1. The fourth-order valence-electron chi connectivity index (χ4n) is 2.34. The molecule has 0 radical (unpaired) electrons. The largest absolute Gasteiger partial charge is 0.297 e. The summed E-state index contributed by atoms with van der Waals surface area (Å²) < 4.78 is 0. The van der Waals surface area contributed by atoms with Gasteiger partial charge in [-0.25, -0.2) is 5.43 Å². The molecule has 3 aromatic rings. The summed E-state index contributed by atoms with van der Waals surface area (Å²) in [6, 6.07) is 14.1. The molecule has 6 heteroatoms. The fourth-order valence-corrected chi connectivity index (χ4v) is 2.34. The van der Waals surface area contributed by atoms with Crippen LogP contribution in [-0.2, 0) is 5.41 Å². The Kier molecular flexibility index (Phi) is 3.89. The molecule has 0 aliphatic heterocycles. The maximum atomic E-state index is 12.3. The first kappa shape index (κ1) is 15.9. The van der Waals surface area contributed by atoms with Gasteiger partial charge in [-0.1, -0.05) is 45.0 Å². The molecule has 122 valence electrons. The lowest BCUT2D eigenvalue weighted by Crippen LogP contribution is -2.35. The molecule has 0 aliphatic rings. The lowest BCUT2D eigenvalue weighted by Gasteiger charge is -2.19. The van der Waals surface area contributed by atoms with Gasteiger partial charge >= 0.3 is 0 Å². The molecular weight excluding hydrogens is 304 g/mol. The van der Waals surface area contributed by atoms with Gasteiger partial charge in [-0.15, -0.1) is 9.89 Å². The van der Waals surface area contributed by atoms with Crippen LogP contribution in [0, 0.1) is 0 Å². The van der Waals surface area contributed by atoms with E-state index in [4.69, 9.17) is 0 Å². The molecule has 0 spiro atoms. The van der Waals surface area contributed by atoms with Gasteiger partial charge in [0.1, 0.15) is 5.52 Å². The van der Waals surface area contributed by atoms with Gasteiger partial charge < -0.3 is 0 Å². The number of carbonyl (C=O) groups excluding carboxylic acids is 1. The van der Waals surface area contributed by atoms with E-state index in [9.17, 15) is 9.59 Å². The van der Waals surface area contributed by atoms with Gasteiger partial charge in [-0.3, -0.25) is 9.59 Å². The highest BCUT2D eigenvalue weighted by Crippen LogP contribution is 2.22. The molecule has 1 N–H and O–H groups in total. The van der Waals surface area contributed by atoms with Crippen molar-refractivity contribution in [2.75, 3.05) is 5.43 Å². The Labute approximate surface area is 139 Å². The Hall–Kier alpha value is -3.02. The number of amides is 1. The summed E-state index contributed by atoms with van der Waals surface area (Å²) in [5.74, 6) is -0.415. The summed E-state index contributed by atoms with van der Waals surface area (Å²) in [5, 5.41) is 8.08. The molecule has 1 heterocycles. The van der Waals surface area contributed by atoms with Crippen molar-refractivity contribution < 1.29 is 4.79 Å². The molecule has 24 heavy (non-hydrogen) atoms. The van der Waals surface area contributed by atoms with Crippen molar-refractivity contribution in [2.24, 2.45) is 0 Å². The number of rotatable bonds is 2. The molecule has 0 saturated heterocycles. The monoisotopic (exact) mass is 322 g/mol. The summed E-state index contributed by atoms with van der Waals surface area (Å²) in [5.41, 5.74) is 4.13. The van der Waals surface area contributed by atoms with Crippen LogP contribution in [0.5, 0.6) is 0 Å². The number of hydrogen-bond donors (Lipinski definition) is 1. The lowest BCUT2D eigenvalue weighted by atomic mass is 9.87. The fraction of sp³-hybridized carbons (Fsp3) is 0.222. The predicted octanol–water partition coefficient (Wildman–Crippen LogP) is 2.47. The van der Waals surface area contributed by atoms with E-state index >= 15 is 0 Å². The maximum Gasteiger partial charge on any atom is 0.297 e. The SMILES string of the molecule is CC(C)(C)c1ccc(C(=O)Nn2nnc3ccccc3c2=O)cc1. The maximum absolute atomic E-state index is 12.3. The molecule has 1 amide bonds. The predicted molar refractivity (Wildman–Crippen MR) is 92.6 cm³/mol. The lowest BCUT2D eigenvalue weighted by molar-refractivity contribution is 0.100. The van der Waals surface area contributed by atoms with Gasteiger partial charge in [0, 0.05) is 5.56 Å². The Morgan fingerprint density at radius 3 is 2.38 bits per heavy atom. The zero-order chi connectivity index (χ0) is 17.3. The third kappa shape index (κ3) is 3.03. The Morgan fingerprint density at radius 1 is 1.04 bits per heavy atom. The van der Waals surface area contributed by atoms with Crippen LogP contribution < -0.4 is 11.0 Å². The molecule has 3 rings (SSSR count). The molecule has 0 saturated carbocycles. The van der Waals surface area contributed by atoms with Gasteiger partial charge in [0.05, 0.1) is 5.39 Å². The van der Waals surface area contributed by atoms with Crippen LogP contribution >= 0.6 is 0 Å². The minimum atomic E-state index is -0.416. The van der Waals surface area contributed by atoms with Crippen LogP contribution in [0.3, 0.4) is 0 Å². The first-order valence-corrected chi connectivity index (χ1v) is 7.63. The average Bonchev–Trinajstić information content (AvgIpc) is 2.57. The first-order valence-electron chi connectivity index (χ1n) is 7.63. The van der Waals surface area contributed by atoms with Crippen molar-refractivity contribution in [3.63, 3.8) is 0 Å². The van der Waals surface area contributed by atoms with E-state index in [1.807, 2.05) is 12.1 Å². The quantitative estimate of drug-likeness (QED) is 0.786. The molecular formula is C18H18N4O2. The minimum Gasteiger partial charge on any atom is -0.267 e. The van der Waals surface area contributed by atoms with E-state index in [0.29, 0.717) is 16.5 Å². The van der Waals surface area contributed by atoms with Gasteiger partial charge in [-0.05, 0) is 40.5 Å². The van der Waals surface area contributed by atoms with Crippen molar-refractivity contribution in [1.82, 2.24) is 15.1 Å². The second-order valence-corrected chi connectivity index (χ2v) is 6.59. The van der Waals surface area contributed by atoms with Gasteiger partial charge in [0.25, 0.3) is 11.5 Å². The molecule has 0 unspecified atom stereocenters. The summed E-state index contributed by atoms with van der Waals surface area (Å²) in [4.78, 5) is 25.5. The second kappa shape index (κ2) is 5.88. The number of fused-ring (bicyclic) bond motifs is 1. The standard InChI is InChI=1S/C18H18N4O2/c1-18(2,3)13-10-8-12(9-11-13)16(23)20-22-17(24)14-6-4-5-7-15(14)19-21-22/h4-11H,1-3H3,(H,20,23). The molecule has 0 bridgehead atoms. The first-order chi connectivity index (χ1) is 11.4. The Balaban J connectivity index is 1.87. The van der Waals surface area contributed by atoms with Crippen LogP contribution in [-0.4, -0.2) is 21.0 Å². The number of carbonyl (C=O) groups is 1. The minimum absolute atomic E-state index is 0.00969. The van der Waals surface area contributed by atoms with Crippen molar-refractivity contribution in [3.8, 4) is 0 Å². The topological polar surface area (TPSA) is 76.9 Å². The van der Waals surface area contributed by atoms with Gasteiger partial charge in [-0.2, -0.15) is 0 Å². The van der Waals surface area contributed by atoms with Crippen LogP contribution in [0.2, 0.25) is 0 Å². The zero-order valence-electron chi connectivity index (χ0n) is 13.8. The number of nitrogens with zero attached hydrogens (tertiary/aromatic N) is 3. The molecule has 1 aromatic heterocycles. The van der Waals surface area contributed by atoms with Crippen LogP contribution in [0.4, 0.5) is 0 Å². The summed E-state index contributed by atoms with van der Waals surface area (Å²) >= 11 is 0.